The molecule has 2 aromatic heterocycles. The summed E-state index contributed by atoms with van der Waals surface area (Å²) in [5, 5.41) is 10.2. The van der Waals surface area contributed by atoms with E-state index < -0.39 is 0 Å². The molecule has 1 N–H and O–H groups in total. The van der Waals surface area contributed by atoms with E-state index in [1.807, 2.05) is 65.3 Å². The molecule has 0 unspecified atom stereocenters. The minimum absolute atomic E-state index is 0.0500. The van der Waals surface area contributed by atoms with Gasteiger partial charge in [0.25, 0.3) is 11.1 Å². The molecule has 8 heteroatoms. The monoisotopic (exact) mass is 436 g/mol. The standard InChI is InChI=1S/C22H20N4O2S2/c1-14-10-11-26(18-8-4-5-9-19(18)30-14)20(27)13-29-22-25-24-21(28-22)16-12-23-17-7-3-2-6-15(16)17/h2-9,12,14,23H,10-11,13H2,1H3/t14-/m0/s1. The molecule has 1 aliphatic rings. The van der Waals surface area contributed by atoms with Gasteiger partial charge >= 0.3 is 0 Å². The summed E-state index contributed by atoms with van der Waals surface area (Å²) in [5.41, 5.74) is 2.87. The second-order valence-corrected chi connectivity index (χ2v) is 9.55. The second kappa shape index (κ2) is 8.20. The minimum Gasteiger partial charge on any atom is -0.411 e. The molecule has 5 rings (SSSR count). The van der Waals surface area contributed by atoms with Crippen LogP contribution in [0.15, 0.2) is 69.3 Å². The first-order chi connectivity index (χ1) is 14.7. The Bertz CT molecular complexity index is 1200. The Kier molecular flexibility index (Phi) is 5.26. The third-order valence-corrected chi connectivity index (χ3v) is 7.13. The lowest BCUT2D eigenvalue weighted by atomic mass is 10.2. The number of hydrogen-bond donors (Lipinski definition) is 1. The molecule has 0 fully saturated rings. The number of hydrogen-bond acceptors (Lipinski definition) is 6. The number of carbonyl (C=O) groups excluding carboxylic acids is 1. The van der Waals surface area contributed by atoms with Gasteiger partial charge in [-0.25, -0.2) is 0 Å². The van der Waals surface area contributed by atoms with Crippen LogP contribution in [0.5, 0.6) is 0 Å². The Balaban J connectivity index is 1.31. The Morgan fingerprint density at radius 2 is 2.07 bits per heavy atom. The van der Waals surface area contributed by atoms with Gasteiger partial charge in [-0.15, -0.1) is 22.0 Å². The number of amides is 1. The number of aromatic amines is 1. The quantitative estimate of drug-likeness (QED) is 0.442. The number of benzene rings is 2. The van der Waals surface area contributed by atoms with Gasteiger partial charge in [0.2, 0.25) is 5.91 Å². The number of rotatable bonds is 4. The molecule has 2 aromatic carbocycles. The van der Waals surface area contributed by atoms with Gasteiger partial charge in [-0.1, -0.05) is 49.0 Å². The normalized spacial score (nSPS) is 16.4. The van der Waals surface area contributed by atoms with E-state index in [0.717, 1.165) is 40.0 Å². The molecule has 1 amide bonds. The number of nitrogens with one attached hydrogen (secondary N) is 1. The molecule has 0 saturated heterocycles. The highest BCUT2D eigenvalue weighted by molar-refractivity contribution is 8.00. The van der Waals surface area contributed by atoms with Gasteiger partial charge in [-0.05, 0) is 24.6 Å². The second-order valence-electron chi connectivity index (χ2n) is 7.14. The summed E-state index contributed by atoms with van der Waals surface area (Å²) in [4.78, 5) is 19.3. The molecular weight excluding hydrogens is 416 g/mol. The summed E-state index contributed by atoms with van der Waals surface area (Å²) >= 11 is 3.11. The Morgan fingerprint density at radius 1 is 1.23 bits per heavy atom. The van der Waals surface area contributed by atoms with Crippen molar-refractivity contribution in [3.8, 4) is 11.5 Å². The van der Waals surface area contributed by atoms with Crippen molar-refractivity contribution in [2.75, 3.05) is 17.2 Å². The van der Waals surface area contributed by atoms with Crippen molar-refractivity contribution in [2.24, 2.45) is 0 Å². The van der Waals surface area contributed by atoms with Gasteiger partial charge in [0.1, 0.15) is 0 Å². The van der Waals surface area contributed by atoms with Gasteiger partial charge in [0, 0.05) is 33.8 Å². The van der Waals surface area contributed by atoms with E-state index >= 15 is 0 Å². The fourth-order valence-corrected chi connectivity index (χ4v) is 5.32. The number of fused-ring (bicyclic) bond motifs is 2. The topological polar surface area (TPSA) is 75.0 Å². The molecular formula is C22H20N4O2S2. The van der Waals surface area contributed by atoms with Crippen LogP contribution < -0.4 is 4.90 Å². The summed E-state index contributed by atoms with van der Waals surface area (Å²) in [6, 6.07) is 16.1. The molecule has 0 spiro atoms. The summed E-state index contributed by atoms with van der Waals surface area (Å²) < 4.78 is 5.83. The van der Waals surface area contributed by atoms with E-state index in [-0.39, 0.29) is 11.7 Å². The number of anilines is 1. The van der Waals surface area contributed by atoms with Gasteiger partial charge in [0.05, 0.1) is 17.0 Å². The van der Waals surface area contributed by atoms with Gasteiger partial charge in [0.15, 0.2) is 0 Å². The lowest BCUT2D eigenvalue weighted by molar-refractivity contribution is -0.116. The zero-order chi connectivity index (χ0) is 20.5. The fraction of sp³-hybridized carbons (Fsp3) is 0.227. The average molecular weight is 437 g/mol. The minimum atomic E-state index is 0.0500. The van der Waals surface area contributed by atoms with Crippen molar-refractivity contribution in [2.45, 2.75) is 28.7 Å². The SMILES string of the molecule is C[C@H]1CCN(C(=O)CSc2nnc(-c3c[nH]c4ccccc34)o2)c2ccccc2S1. The summed E-state index contributed by atoms with van der Waals surface area (Å²) in [5.74, 6) is 0.754. The highest BCUT2D eigenvalue weighted by atomic mass is 32.2. The molecule has 0 saturated carbocycles. The van der Waals surface area contributed by atoms with Crippen LogP contribution >= 0.6 is 23.5 Å². The highest BCUT2D eigenvalue weighted by Gasteiger charge is 2.24. The maximum absolute atomic E-state index is 13.0. The number of thioether (sulfide) groups is 2. The lowest BCUT2D eigenvalue weighted by Gasteiger charge is -2.22. The molecule has 3 heterocycles. The number of H-pyrrole nitrogens is 1. The Labute approximate surface area is 182 Å². The molecule has 4 aromatic rings. The highest BCUT2D eigenvalue weighted by Crippen LogP contribution is 2.37. The van der Waals surface area contributed by atoms with Crippen molar-refractivity contribution in [1.29, 1.82) is 0 Å². The van der Waals surface area contributed by atoms with E-state index in [0.29, 0.717) is 16.4 Å². The third-order valence-electron chi connectivity index (χ3n) is 5.09. The first-order valence-electron chi connectivity index (χ1n) is 9.78. The van der Waals surface area contributed by atoms with E-state index in [1.54, 1.807) is 0 Å². The molecule has 1 aliphatic heterocycles. The van der Waals surface area contributed by atoms with Gasteiger partial charge in [-0.3, -0.25) is 4.79 Å². The lowest BCUT2D eigenvalue weighted by Crippen LogP contribution is -2.33. The maximum atomic E-state index is 13.0. The zero-order valence-electron chi connectivity index (χ0n) is 16.4. The van der Waals surface area contributed by atoms with Crippen molar-refractivity contribution in [3.63, 3.8) is 0 Å². The third kappa shape index (κ3) is 3.73. The molecule has 0 bridgehead atoms. The molecule has 30 heavy (non-hydrogen) atoms. The van der Waals surface area contributed by atoms with Crippen LogP contribution in [0.25, 0.3) is 22.4 Å². The summed E-state index contributed by atoms with van der Waals surface area (Å²) in [6.45, 7) is 2.92. The number of nitrogens with zero attached hydrogens (tertiary/aromatic N) is 3. The number of aromatic nitrogens is 3. The van der Waals surface area contributed by atoms with E-state index in [1.165, 1.54) is 11.8 Å². The fourth-order valence-electron chi connectivity index (χ4n) is 3.57. The average Bonchev–Trinajstić information content (AvgIpc) is 3.36. The van der Waals surface area contributed by atoms with Crippen molar-refractivity contribution >= 4 is 46.0 Å². The molecule has 0 aliphatic carbocycles. The predicted octanol–water partition coefficient (Wildman–Crippen LogP) is 5.23. The van der Waals surface area contributed by atoms with E-state index in [9.17, 15) is 4.79 Å². The number of para-hydroxylation sites is 2. The van der Waals surface area contributed by atoms with Crippen LogP contribution in [-0.2, 0) is 4.79 Å². The maximum Gasteiger partial charge on any atom is 0.277 e. The number of carbonyl (C=O) groups is 1. The molecule has 152 valence electrons. The first kappa shape index (κ1) is 19.3. The molecule has 6 nitrogen and oxygen atoms in total. The van der Waals surface area contributed by atoms with Crippen LogP contribution in [-0.4, -0.2) is 38.6 Å². The molecule has 1 atom stereocenters. The van der Waals surface area contributed by atoms with Crippen molar-refractivity contribution < 1.29 is 9.21 Å². The smallest absolute Gasteiger partial charge is 0.277 e. The van der Waals surface area contributed by atoms with Crippen LogP contribution in [0.1, 0.15) is 13.3 Å². The molecule has 0 radical (unpaired) electrons. The van der Waals surface area contributed by atoms with Crippen LogP contribution in [0.4, 0.5) is 5.69 Å². The van der Waals surface area contributed by atoms with Crippen LogP contribution in [0, 0.1) is 0 Å². The zero-order valence-corrected chi connectivity index (χ0v) is 18.0. The predicted molar refractivity (Wildman–Crippen MR) is 121 cm³/mol. The summed E-state index contributed by atoms with van der Waals surface area (Å²) in [7, 11) is 0. The summed E-state index contributed by atoms with van der Waals surface area (Å²) in [6.07, 6.45) is 2.83. The van der Waals surface area contributed by atoms with Crippen LogP contribution in [0.3, 0.4) is 0 Å². The first-order valence-corrected chi connectivity index (χ1v) is 11.6. The van der Waals surface area contributed by atoms with Crippen molar-refractivity contribution in [3.05, 3.63) is 54.7 Å². The van der Waals surface area contributed by atoms with Gasteiger partial charge in [-0.2, -0.15) is 0 Å². The largest absolute Gasteiger partial charge is 0.411 e. The van der Waals surface area contributed by atoms with Gasteiger partial charge < -0.3 is 14.3 Å². The van der Waals surface area contributed by atoms with E-state index in [4.69, 9.17) is 4.42 Å². The van der Waals surface area contributed by atoms with Crippen LogP contribution in [0.2, 0.25) is 0 Å². The Hall–Kier alpha value is -2.71. The Morgan fingerprint density at radius 3 is 3.00 bits per heavy atom. The van der Waals surface area contributed by atoms with E-state index in [2.05, 4.69) is 28.2 Å². The van der Waals surface area contributed by atoms with Crippen molar-refractivity contribution in [1.82, 2.24) is 15.2 Å².